The molecule has 3 rings (SSSR count). The summed E-state index contributed by atoms with van der Waals surface area (Å²) < 4.78 is 38.1. The minimum Gasteiger partial charge on any atom is -0.486 e. The van der Waals surface area contributed by atoms with Crippen LogP contribution in [0.3, 0.4) is 0 Å². The molecule has 2 aromatic carbocycles. The van der Waals surface area contributed by atoms with Gasteiger partial charge in [0.2, 0.25) is 0 Å². The van der Waals surface area contributed by atoms with Crippen molar-refractivity contribution in [3.05, 3.63) is 47.0 Å². The van der Waals surface area contributed by atoms with Gasteiger partial charge in [0.1, 0.15) is 18.8 Å². The van der Waals surface area contributed by atoms with Crippen LogP contribution in [0.25, 0.3) is 0 Å². The highest BCUT2D eigenvalue weighted by Gasteiger charge is 2.29. The third-order valence-electron chi connectivity index (χ3n) is 4.21. The number of anilines is 1. The molecule has 7 nitrogen and oxygen atoms in total. The molecule has 0 unspecified atom stereocenters. The zero-order chi connectivity index (χ0) is 19.1. The lowest BCUT2D eigenvalue weighted by Gasteiger charge is -2.24. The molecule has 0 aliphatic carbocycles. The molecule has 8 heteroatoms. The molecule has 0 saturated carbocycles. The minimum atomic E-state index is -3.99. The first-order valence-corrected chi connectivity index (χ1v) is 9.39. The second-order valence-electron chi connectivity index (χ2n) is 6.06. The Morgan fingerprint density at radius 2 is 1.81 bits per heavy atom. The van der Waals surface area contributed by atoms with Crippen LogP contribution < -0.4 is 13.8 Å². The van der Waals surface area contributed by atoms with Crippen LogP contribution in [0.15, 0.2) is 35.2 Å². The number of carbonyl (C=O) groups is 1. The second-order valence-corrected chi connectivity index (χ2v) is 8.03. The molecule has 1 aliphatic rings. The zero-order valence-corrected chi connectivity index (χ0v) is 15.5. The maximum Gasteiger partial charge on any atom is 0.339 e. The van der Waals surface area contributed by atoms with Crippen molar-refractivity contribution in [3.63, 3.8) is 0 Å². The molecule has 0 atom stereocenters. The Kier molecular flexibility index (Phi) is 4.53. The van der Waals surface area contributed by atoms with Crippen molar-refractivity contribution in [2.24, 2.45) is 0 Å². The van der Waals surface area contributed by atoms with Gasteiger partial charge in [0, 0.05) is 13.1 Å². The van der Waals surface area contributed by atoms with Gasteiger partial charge in [0.25, 0.3) is 10.0 Å². The molecule has 1 heterocycles. The molecule has 0 spiro atoms. The fourth-order valence-electron chi connectivity index (χ4n) is 2.78. The van der Waals surface area contributed by atoms with Gasteiger partial charge in [-0.05, 0) is 37.1 Å². The summed E-state index contributed by atoms with van der Waals surface area (Å²) in [6, 6.07) is 7.91. The Hall–Kier alpha value is -2.74. The summed E-state index contributed by atoms with van der Waals surface area (Å²) in [5, 5.41) is 9.42. The number of aryl methyl sites for hydroxylation is 2. The number of carboxylic acid groups (broad SMARTS) is 1. The summed E-state index contributed by atoms with van der Waals surface area (Å²) in [4.78, 5) is 11.4. The van der Waals surface area contributed by atoms with Crippen molar-refractivity contribution in [2.45, 2.75) is 18.7 Å². The van der Waals surface area contributed by atoms with Crippen LogP contribution in [0, 0.1) is 13.8 Å². The standard InChI is InChI=1S/C18H19NO6S/c1-11-4-5-12(2)15(8-11)19(3)26(22,23)13-9-14(18(20)21)17-16(10-13)24-6-7-25-17/h4-5,8-10H,6-7H2,1-3H3,(H,20,21). The first-order valence-electron chi connectivity index (χ1n) is 7.95. The Balaban J connectivity index is 2.14. The van der Waals surface area contributed by atoms with E-state index in [0.717, 1.165) is 21.5 Å². The summed E-state index contributed by atoms with van der Waals surface area (Å²) in [5.41, 5.74) is 1.99. The monoisotopic (exact) mass is 377 g/mol. The predicted octanol–water partition coefficient (Wildman–Crippen LogP) is 2.60. The van der Waals surface area contributed by atoms with E-state index in [2.05, 4.69) is 0 Å². The number of ether oxygens (including phenoxy) is 2. The SMILES string of the molecule is Cc1ccc(C)c(N(C)S(=O)(=O)c2cc3c(c(C(=O)O)c2)OCCO3)c1. The van der Waals surface area contributed by atoms with Gasteiger partial charge in [0.05, 0.1) is 10.6 Å². The molecule has 0 amide bonds. The van der Waals surface area contributed by atoms with Gasteiger partial charge in [-0.15, -0.1) is 0 Å². The van der Waals surface area contributed by atoms with Crippen LogP contribution >= 0.6 is 0 Å². The first-order chi connectivity index (χ1) is 12.2. The van der Waals surface area contributed by atoms with E-state index in [4.69, 9.17) is 9.47 Å². The number of sulfonamides is 1. The molecule has 0 saturated heterocycles. The van der Waals surface area contributed by atoms with E-state index < -0.39 is 16.0 Å². The summed E-state index contributed by atoms with van der Waals surface area (Å²) in [6.45, 7) is 4.12. The smallest absolute Gasteiger partial charge is 0.339 e. The normalized spacial score (nSPS) is 13.3. The van der Waals surface area contributed by atoms with Crippen molar-refractivity contribution < 1.29 is 27.8 Å². The molecule has 1 N–H and O–H groups in total. The highest BCUT2D eigenvalue weighted by Crippen LogP contribution is 2.38. The number of fused-ring (bicyclic) bond motifs is 1. The average molecular weight is 377 g/mol. The molecule has 0 radical (unpaired) electrons. The van der Waals surface area contributed by atoms with E-state index in [9.17, 15) is 18.3 Å². The zero-order valence-electron chi connectivity index (χ0n) is 14.6. The number of aromatic carboxylic acids is 1. The largest absolute Gasteiger partial charge is 0.486 e. The maximum absolute atomic E-state index is 13.1. The van der Waals surface area contributed by atoms with Crippen molar-refractivity contribution in [1.82, 2.24) is 0 Å². The van der Waals surface area contributed by atoms with E-state index in [1.165, 1.54) is 13.1 Å². The molecule has 0 bridgehead atoms. The molecule has 26 heavy (non-hydrogen) atoms. The lowest BCUT2D eigenvalue weighted by molar-refractivity contribution is 0.0685. The third-order valence-corrected chi connectivity index (χ3v) is 5.96. The van der Waals surface area contributed by atoms with Gasteiger partial charge < -0.3 is 14.6 Å². The van der Waals surface area contributed by atoms with Crippen LogP contribution in [-0.2, 0) is 10.0 Å². The number of carboxylic acids is 1. The van der Waals surface area contributed by atoms with Gasteiger partial charge in [0.15, 0.2) is 11.5 Å². The highest BCUT2D eigenvalue weighted by atomic mass is 32.2. The number of nitrogens with zero attached hydrogens (tertiary/aromatic N) is 1. The quantitative estimate of drug-likeness (QED) is 0.880. The summed E-state index contributed by atoms with van der Waals surface area (Å²) in [7, 11) is -2.55. The molecule has 0 aromatic heterocycles. The van der Waals surface area contributed by atoms with Crippen LogP contribution in [0.2, 0.25) is 0 Å². The van der Waals surface area contributed by atoms with Crippen molar-refractivity contribution in [1.29, 1.82) is 0 Å². The molecule has 2 aromatic rings. The van der Waals surface area contributed by atoms with Gasteiger partial charge in [-0.1, -0.05) is 12.1 Å². The van der Waals surface area contributed by atoms with Gasteiger partial charge in [-0.2, -0.15) is 0 Å². The van der Waals surface area contributed by atoms with Crippen LogP contribution in [0.1, 0.15) is 21.5 Å². The highest BCUT2D eigenvalue weighted by molar-refractivity contribution is 7.92. The Morgan fingerprint density at radius 1 is 1.12 bits per heavy atom. The second kappa shape index (κ2) is 6.53. The minimum absolute atomic E-state index is 0.0529. The Bertz CT molecular complexity index is 983. The molecular weight excluding hydrogens is 358 g/mol. The lowest BCUT2D eigenvalue weighted by atomic mass is 10.1. The topological polar surface area (TPSA) is 93.1 Å². The van der Waals surface area contributed by atoms with E-state index >= 15 is 0 Å². The van der Waals surface area contributed by atoms with E-state index in [1.54, 1.807) is 6.07 Å². The number of benzene rings is 2. The van der Waals surface area contributed by atoms with Crippen LogP contribution in [0.5, 0.6) is 11.5 Å². The Labute approximate surface area is 151 Å². The third kappa shape index (κ3) is 3.08. The number of hydrogen-bond acceptors (Lipinski definition) is 5. The van der Waals surface area contributed by atoms with Gasteiger partial charge >= 0.3 is 5.97 Å². The van der Waals surface area contributed by atoms with Crippen LogP contribution in [-0.4, -0.2) is 39.8 Å². The van der Waals surface area contributed by atoms with Gasteiger partial charge in [-0.25, -0.2) is 13.2 Å². The number of hydrogen-bond donors (Lipinski definition) is 1. The van der Waals surface area contributed by atoms with Crippen molar-refractivity contribution >= 4 is 21.7 Å². The fourth-order valence-corrected chi connectivity index (χ4v) is 4.08. The van der Waals surface area contributed by atoms with E-state index in [0.29, 0.717) is 5.69 Å². The van der Waals surface area contributed by atoms with Gasteiger partial charge in [-0.3, -0.25) is 4.31 Å². The number of rotatable bonds is 4. The van der Waals surface area contributed by atoms with Crippen molar-refractivity contribution in [3.8, 4) is 11.5 Å². The average Bonchev–Trinajstić information content (AvgIpc) is 2.61. The molecule has 138 valence electrons. The summed E-state index contributed by atoms with van der Waals surface area (Å²) in [5.74, 6) is -1.11. The Morgan fingerprint density at radius 3 is 2.50 bits per heavy atom. The molecule has 1 aliphatic heterocycles. The fraction of sp³-hybridized carbons (Fsp3) is 0.278. The molecule has 0 fully saturated rings. The van der Waals surface area contributed by atoms with Crippen molar-refractivity contribution in [2.75, 3.05) is 24.6 Å². The lowest BCUT2D eigenvalue weighted by Crippen LogP contribution is -2.28. The van der Waals surface area contributed by atoms with Crippen LogP contribution in [0.4, 0.5) is 5.69 Å². The van der Waals surface area contributed by atoms with E-state index in [-0.39, 0.29) is 35.2 Å². The maximum atomic E-state index is 13.1. The van der Waals surface area contributed by atoms with E-state index in [1.807, 2.05) is 26.0 Å². The first kappa shape index (κ1) is 18.1. The summed E-state index contributed by atoms with van der Waals surface area (Å²) >= 11 is 0. The molecular formula is C18H19NO6S. The summed E-state index contributed by atoms with van der Waals surface area (Å²) in [6.07, 6.45) is 0. The predicted molar refractivity (Wildman–Crippen MR) is 95.9 cm³/mol.